The summed E-state index contributed by atoms with van der Waals surface area (Å²) in [5, 5.41) is 18.2. The van der Waals surface area contributed by atoms with Crippen LogP contribution < -0.4 is 0 Å². The second-order valence-corrected chi connectivity index (χ2v) is 3.17. The SMILES string of the molecule is O=C(O)c1ccnc2c(C(=O)O)cccc12. The monoisotopic (exact) mass is 217 g/mol. The van der Waals surface area contributed by atoms with Crippen molar-refractivity contribution in [3.8, 4) is 0 Å². The van der Waals surface area contributed by atoms with Crippen LogP contribution in [-0.2, 0) is 0 Å². The highest BCUT2D eigenvalue weighted by Gasteiger charge is 2.14. The number of pyridine rings is 1. The van der Waals surface area contributed by atoms with E-state index in [0.29, 0.717) is 5.39 Å². The summed E-state index contributed by atoms with van der Waals surface area (Å²) in [7, 11) is 0. The largest absolute Gasteiger partial charge is 0.478 e. The molecule has 2 aromatic rings. The van der Waals surface area contributed by atoms with Crippen molar-refractivity contribution in [2.45, 2.75) is 0 Å². The van der Waals surface area contributed by atoms with E-state index in [2.05, 4.69) is 4.98 Å². The normalized spacial score (nSPS) is 10.2. The molecule has 1 aromatic carbocycles. The molecule has 5 heteroatoms. The maximum atomic E-state index is 10.9. The number of carboxylic acid groups (broad SMARTS) is 2. The van der Waals surface area contributed by atoms with Crippen LogP contribution in [0.4, 0.5) is 0 Å². The fraction of sp³-hybridized carbons (Fsp3) is 0. The molecule has 0 aliphatic heterocycles. The summed E-state index contributed by atoms with van der Waals surface area (Å²) < 4.78 is 0. The van der Waals surface area contributed by atoms with E-state index < -0.39 is 11.9 Å². The Morgan fingerprint density at radius 2 is 1.69 bits per heavy atom. The standard InChI is InChI=1S/C11H7NO4/c13-10(14)7-4-5-12-9-6(7)2-1-3-8(9)11(15)16/h1-5H,(H,13,14)(H,15,16). The number of hydrogen-bond donors (Lipinski definition) is 2. The summed E-state index contributed by atoms with van der Waals surface area (Å²) in [6.45, 7) is 0. The van der Waals surface area contributed by atoms with Gasteiger partial charge in [0.2, 0.25) is 0 Å². The molecule has 0 unspecified atom stereocenters. The van der Waals surface area contributed by atoms with Crippen LogP contribution in [0.1, 0.15) is 20.7 Å². The van der Waals surface area contributed by atoms with Crippen molar-refractivity contribution in [1.82, 2.24) is 4.98 Å². The molecule has 0 aliphatic carbocycles. The lowest BCUT2D eigenvalue weighted by molar-refractivity contribution is 0.0686. The molecule has 1 heterocycles. The first-order valence-corrected chi connectivity index (χ1v) is 4.45. The number of carboxylic acids is 2. The minimum Gasteiger partial charge on any atom is -0.478 e. The lowest BCUT2D eigenvalue weighted by Crippen LogP contribution is -2.03. The van der Waals surface area contributed by atoms with Crippen LogP contribution in [0.5, 0.6) is 0 Å². The number of hydrogen-bond acceptors (Lipinski definition) is 3. The maximum Gasteiger partial charge on any atom is 0.337 e. The number of rotatable bonds is 2. The molecular weight excluding hydrogens is 210 g/mol. The van der Waals surface area contributed by atoms with Crippen LogP contribution in [0.2, 0.25) is 0 Å². The van der Waals surface area contributed by atoms with Gasteiger partial charge in [-0.25, -0.2) is 9.59 Å². The van der Waals surface area contributed by atoms with Crippen LogP contribution in [0.25, 0.3) is 10.9 Å². The molecule has 0 amide bonds. The quantitative estimate of drug-likeness (QED) is 0.798. The molecule has 5 nitrogen and oxygen atoms in total. The van der Waals surface area contributed by atoms with E-state index in [9.17, 15) is 9.59 Å². The number of aromatic nitrogens is 1. The van der Waals surface area contributed by atoms with Gasteiger partial charge in [0.05, 0.1) is 16.6 Å². The van der Waals surface area contributed by atoms with Gasteiger partial charge in [-0.15, -0.1) is 0 Å². The molecule has 0 atom stereocenters. The highest BCUT2D eigenvalue weighted by atomic mass is 16.4. The fourth-order valence-corrected chi connectivity index (χ4v) is 1.54. The number of para-hydroxylation sites is 1. The third-order valence-corrected chi connectivity index (χ3v) is 2.23. The summed E-state index contributed by atoms with van der Waals surface area (Å²) >= 11 is 0. The second-order valence-electron chi connectivity index (χ2n) is 3.17. The van der Waals surface area contributed by atoms with Crippen molar-refractivity contribution in [2.24, 2.45) is 0 Å². The van der Waals surface area contributed by atoms with E-state index in [0.717, 1.165) is 0 Å². The van der Waals surface area contributed by atoms with Crippen molar-refractivity contribution >= 4 is 22.8 Å². The van der Waals surface area contributed by atoms with E-state index in [-0.39, 0.29) is 16.6 Å². The molecule has 0 aliphatic rings. The van der Waals surface area contributed by atoms with E-state index in [1.165, 1.54) is 30.5 Å². The molecule has 2 rings (SSSR count). The van der Waals surface area contributed by atoms with Gasteiger partial charge in [-0.2, -0.15) is 0 Å². The molecule has 0 radical (unpaired) electrons. The van der Waals surface area contributed by atoms with Crippen molar-refractivity contribution in [3.05, 3.63) is 41.6 Å². The number of benzene rings is 1. The molecule has 16 heavy (non-hydrogen) atoms. The van der Waals surface area contributed by atoms with Crippen LogP contribution in [-0.4, -0.2) is 27.1 Å². The lowest BCUT2D eigenvalue weighted by Gasteiger charge is -2.03. The van der Waals surface area contributed by atoms with Gasteiger partial charge in [0.1, 0.15) is 0 Å². The Labute approximate surface area is 90.0 Å². The highest BCUT2D eigenvalue weighted by Crippen LogP contribution is 2.20. The van der Waals surface area contributed by atoms with Crippen molar-refractivity contribution in [3.63, 3.8) is 0 Å². The van der Waals surface area contributed by atoms with Crippen LogP contribution >= 0.6 is 0 Å². The van der Waals surface area contributed by atoms with Gasteiger partial charge in [0, 0.05) is 11.6 Å². The molecule has 0 bridgehead atoms. The molecule has 0 saturated carbocycles. The third-order valence-electron chi connectivity index (χ3n) is 2.23. The van der Waals surface area contributed by atoms with Gasteiger partial charge < -0.3 is 10.2 Å². The van der Waals surface area contributed by atoms with E-state index in [1.54, 1.807) is 0 Å². The predicted molar refractivity (Wildman–Crippen MR) is 55.7 cm³/mol. The molecule has 80 valence electrons. The van der Waals surface area contributed by atoms with Gasteiger partial charge in [0.15, 0.2) is 0 Å². The Balaban J connectivity index is 2.86. The Morgan fingerprint density at radius 1 is 1.00 bits per heavy atom. The topological polar surface area (TPSA) is 87.5 Å². The summed E-state index contributed by atoms with van der Waals surface area (Å²) in [5.74, 6) is -2.23. The highest BCUT2D eigenvalue weighted by molar-refractivity contribution is 6.08. The Hall–Kier alpha value is -2.43. The smallest absolute Gasteiger partial charge is 0.337 e. The number of carbonyl (C=O) groups is 2. The van der Waals surface area contributed by atoms with E-state index in [1.807, 2.05) is 0 Å². The molecule has 1 aromatic heterocycles. The van der Waals surface area contributed by atoms with E-state index in [4.69, 9.17) is 10.2 Å². The first-order chi connectivity index (χ1) is 7.61. The Kier molecular flexibility index (Phi) is 2.28. The van der Waals surface area contributed by atoms with Crippen molar-refractivity contribution in [1.29, 1.82) is 0 Å². The van der Waals surface area contributed by atoms with Crippen molar-refractivity contribution < 1.29 is 19.8 Å². The first kappa shape index (κ1) is 10.1. The minimum absolute atomic E-state index is 0.000556. The predicted octanol–water partition coefficient (Wildman–Crippen LogP) is 1.63. The molecule has 0 fully saturated rings. The van der Waals surface area contributed by atoms with E-state index >= 15 is 0 Å². The Morgan fingerprint density at radius 3 is 2.31 bits per heavy atom. The minimum atomic E-state index is -1.12. The third kappa shape index (κ3) is 1.48. The summed E-state index contributed by atoms with van der Waals surface area (Å²) in [5.41, 5.74) is 0.239. The zero-order chi connectivity index (χ0) is 11.7. The van der Waals surface area contributed by atoms with Crippen LogP contribution in [0.15, 0.2) is 30.5 Å². The number of aromatic carboxylic acids is 2. The molecular formula is C11H7NO4. The average molecular weight is 217 g/mol. The fourth-order valence-electron chi connectivity index (χ4n) is 1.54. The van der Waals surface area contributed by atoms with Crippen LogP contribution in [0.3, 0.4) is 0 Å². The molecule has 0 spiro atoms. The Bertz CT molecular complexity index is 538. The zero-order valence-electron chi connectivity index (χ0n) is 8.04. The maximum absolute atomic E-state index is 10.9. The second kappa shape index (κ2) is 3.62. The van der Waals surface area contributed by atoms with Gasteiger partial charge in [-0.1, -0.05) is 12.1 Å². The first-order valence-electron chi connectivity index (χ1n) is 4.45. The molecule has 0 saturated heterocycles. The summed E-state index contributed by atoms with van der Waals surface area (Å²) in [4.78, 5) is 25.7. The van der Waals surface area contributed by atoms with Crippen molar-refractivity contribution in [2.75, 3.05) is 0 Å². The average Bonchev–Trinajstić information content (AvgIpc) is 2.27. The summed E-state index contributed by atoms with van der Waals surface area (Å²) in [6, 6.07) is 5.78. The molecule has 2 N–H and O–H groups in total. The lowest BCUT2D eigenvalue weighted by atomic mass is 10.1. The zero-order valence-corrected chi connectivity index (χ0v) is 8.04. The van der Waals surface area contributed by atoms with Gasteiger partial charge in [-0.05, 0) is 12.1 Å². The van der Waals surface area contributed by atoms with Gasteiger partial charge >= 0.3 is 11.9 Å². The number of fused-ring (bicyclic) bond motifs is 1. The van der Waals surface area contributed by atoms with Gasteiger partial charge in [-0.3, -0.25) is 4.98 Å². The van der Waals surface area contributed by atoms with Gasteiger partial charge in [0.25, 0.3) is 0 Å². The number of nitrogens with zero attached hydrogens (tertiary/aromatic N) is 1. The van der Waals surface area contributed by atoms with Crippen LogP contribution in [0, 0.1) is 0 Å². The summed E-state index contributed by atoms with van der Waals surface area (Å²) in [6.07, 6.45) is 1.29.